The lowest BCUT2D eigenvalue weighted by atomic mass is 10.1. The van der Waals surface area contributed by atoms with E-state index in [1.807, 2.05) is 19.1 Å². The lowest BCUT2D eigenvalue weighted by Crippen LogP contribution is -2.09. The smallest absolute Gasteiger partial charge is 0.248 e. The van der Waals surface area contributed by atoms with Gasteiger partial charge in [0.2, 0.25) is 5.91 Å². The van der Waals surface area contributed by atoms with Crippen molar-refractivity contribution in [2.75, 3.05) is 5.32 Å². The van der Waals surface area contributed by atoms with Crippen LogP contribution in [0, 0.1) is 18.6 Å². The van der Waals surface area contributed by atoms with Crippen LogP contribution in [0.25, 0.3) is 6.08 Å². The van der Waals surface area contributed by atoms with Crippen LogP contribution in [0.15, 0.2) is 71.0 Å². The molecule has 0 aliphatic heterocycles. The van der Waals surface area contributed by atoms with Gasteiger partial charge in [0.15, 0.2) is 5.16 Å². The maximum atomic E-state index is 13.6. The summed E-state index contributed by atoms with van der Waals surface area (Å²) in [5.41, 5.74) is 1.20. The Morgan fingerprint density at radius 1 is 1.07 bits per heavy atom. The molecular formula is C20H15F2N3OS. The van der Waals surface area contributed by atoms with Gasteiger partial charge in [0.25, 0.3) is 0 Å². The summed E-state index contributed by atoms with van der Waals surface area (Å²) >= 11 is 1.41. The molecule has 0 unspecified atom stereocenters. The van der Waals surface area contributed by atoms with Gasteiger partial charge < -0.3 is 5.32 Å². The van der Waals surface area contributed by atoms with Crippen LogP contribution in [0.1, 0.15) is 11.1 Å². The van der Waals surface area contributed by atoms with Crippen LogP contribution in [0.5, 0.6) is 0 Å². The molecule has 0 fully saturated rings. The third-order valence-electron chi connectivity index (χ3n) is 3.61. The van der Waals surface area contributed by atoms with Gasteiger partial charge in [0.05, 0.1) is 0 Å². The normalized spacial score (nSPS) is 10.9. The van der Waals surface area contributed by atoms with Gasteiger partial charge in [0.1, 0.15) is 11.6 Å². The lowest BCUT2D eigenvalue weighted by Gasteiger charge is -2.08. The summed E-state index contributed by atoms with van der Waals surface area (Å²) in [6.45, 7) is 1.85. The van der Waals surface area contributed by atoms with E-state index < -0.39 is 17.5 Å². The van der Waals surface area contributed by atoms with Crippen LogP contribution in [0.2, 0.25) is 0 Å². The molecule has 7 heteroatoms. The van der Waals surface area contributed by atoms with Crippen molar-refractivity contribution in [1.29, 1.82) is 0 Å². The highest BCUT2D eigenvalue weighted by Crippen LogP contribution is 2.28. The molecule has 4 nitrogen and oxygen atoms in total. The number of carbonyl (C=O) groups excluding carboxylic acids is 1. The highest BCUT2D eigenvalue weighted by atomic mass is 32.2. The molecule has 1 heterocycles. The molecule has 0 spiro atoms. The monoisotopic (exact) mass is 383 g/mol. The van der Waals surface area contributed by atoms with Crippen LogP contribution in [-0.4, -0.2) is 15.9 Å². The molecule has 0 aliphatic carbocycles. The Labute approximate surface area is 159 Å². The molecule has 27 heavy (non-hydrogen) atoms. The first-order chi connectivity index (χ1) is 13.0. The highest BCUT2D eigenvalue weighted by Gasteiger charge is 2.07. The number of halogens is 2. The molecule has 0 aliphatic rings. The summed E-state index contributed by atoms with van der Waals surface area (Å²) in [6, 6.07) is 10.8. The van der Waals surface area contributed by atoms with Crippen LogP contribution in [0.4, 0.5) is 14.5 Å². The third-order valence-corrected chi connectivity index (χ3v) is 4.49. The number of anilines is 1. The Bertz CT molecular complexity index is 974. The van der Waals surface area contributed by atoms with Gasteiger partial charge in [-0.25, -0.2) is 18.7 Å². The zero-order valence-electron chi connectivity index (χ0n) is 14.3. The molecule has 0 radical (unpaired) electrons. The molecule has 1 aromatic heterocycles. The van der Waals surface area contributed by atoms with Crippen LogP contribution in [-0.2, 0) is 4.79 Å². The van der Waals surface area contributed by atoms with Crippen LogP contribution < -0.4 is 5.32 Å². The summed E-state index contributed by atoms with van der Waals surface area (Å²) in [5, 5.41) is 3.33. The summed E-state index contributed by atoms with van der Waals surface area (Å²) < 4.78 is 27.2. The zero-order chi connectivity index (χ0) is 19.2. The number of hydrogen-bond acceptors (Lipinski definition) is 4. The van der Waals surface area contributed by atoms with Crippen molar-refractivity contribution in [3.8, 4) is 0 Å². The zero-order valence-corrected chi connectivity index (χ0v) is 15.1. The minimum atomic E-state index is -0.722. The number of nitrogens with one attached hydrogen (secondary N) is 1. The molecule has 0 saturated heterocycles. The standard InChI is InChI=1S/C20H15F2N3OS/c1-13-12-14(27-20-23-10-3-11-24-20)6-8-18(13)25-19(26)9-7-15-16(21)4-2-5-17(15)22/h2-12H,1H3,(H,25,26)/b9-7+. The van der Waals surface area contributed by atoms with Gasteiger partial charge in [-0.3, -0.25) is 4.79 Å². The first-order valence-electron chi connectivity index (χ1n) is 8.01. The number of carbonyl (C=O) groups is 1. The summed E-state index contributed by atoms with van der Waals surface area (Å²) in [4.78, 5) is 21.3. The number of benzene rings is 2. The van der Waals surface area contributed by atoms with Crippen molar-refractivity contribution in [2.45, 2.75) is 17.0 Å². The maximum absolute atomic E-state index is 13.6. The predicted molar refractivity (Wildman–Crippen MR) is 101 cm³/mol. The molecule has 3 aromatic rings. The predicted octanol–water partition coefficient (Wildman–Crippen LogP) is 4.87. The molecule has 3 rings (SSSR count). The first kappa shape index (κ1) is 18.7. The van der Waals surface area contributed by atoms with Gasteiger partial charge >= 0.3 is 0 Å². The number of rotatable bonds is 5. The molecule has 2 aromatic carbocycles. The Hall–Kier alpha value is -3.06. The molecule has 1 N–H and O–H groups in total. The number of aromatic nitrogens is 2. The van der Waals surface area contributed by atoms with E-state index in [-0.39, 0.29) is 5.56 Å². The van der Waals surface area contributed by atoms with E-state index in [2.05, 4.69) is 15.3 Å². The number of hydrogen-bond donors (Lipinski definition) is 1. The Kier molecular flexibility index (Phi) is 5.93. The van der Waals surface area contributed by atoms with Crippen molar-refractivity contribution in [3.05, 3.63) is 83.7 Å². The summed E-state index contributed by atoms with van der Waals surface area (Å²) in [6.07, 6.45) is 5.55. The second kappa shape index (κ2) is 8.55. The number of nitrogens with zero attached hydrogens (tertiary/aromatic N) is 2. The molecular weight excluding hydrogens is 368 g/mol. The lowest BCUT2D eigenvalue weighted by molar-refractivity contribution is -0.111. The van der Waals surface area contributed by atoms with Crippen LogP contribution >= 0.6 is 11.8 Å². The van der Waals surface area contributed by atoms with E-state index in [0.29, 0.717) is 10.8 Å². The van der Waals surface area contributed by atoms with E-state index in [4.69, 9.17) is 0 Å². The minimum Gasteiger partial charge on any atom is -0.322 e. The highest BCUT2D eigenvalue weighted by molar-refractivity contribution is 7.99. The van der Waals surface area contributed by atoms with Crippen molar-refractivity contribution in [2.24, 2.45) is 0 Å². The Balaban J connectivity index is 1.68. The van der Waals surface area contributed by atoms with Crippen molar-refractivity contribution >= 4 is 29.4 Å². The number of aryl methyl sites for hydroxylation is 1. The summed E-state index contributed by atoms with van der Waals surface area (Å²) in [7, 11) is 0. The largest absolute Gasteiger partial charge is 0.322 e. The topological polar surface area (TPSA) is 54.9 Å². The van der Waals surface area contributed by atoms with E-state index in [0.717, 1.165) is 34.7 Å². The Morgan fingerprint density at radius 2 is 1.78 bits per heavy atom. The second-order valence-corrected chi connectivity index (χ2v) is 6.61. The first-order valence-corrected chi connectivity index (χ1v) is 8.83. The number of amides is 1. The fourth-order valence-corrected chi connectivity index (χ4v) is 3.10. The Morgan fingerprint density at radius 3 is 2.44 bits per heavy atom. The van der Waals surface area contributed by atoms with Crippen molar-refractivity contribution in [3.63, 3.8) is 0 Å². The van der Waals surface area contributed by atoms with Gasteiger partial charge in [-0.15, -0.1) is 0 Å². The maximum Gasteiger partial charge on any atom is 0.248 e. The minimum absolute atomic E-state index is 0.251. The molecule has 136 valence electrons. The third kappa shape index (κ3) is 4.98. The van der Waals surface area contributed by atoms with Gasteiger partial charge in [0, 0.05) is 34.6 Å². The van der Waals surface area contributed by atoms with Crippen molar-refractivity contribution < 1.29 is 13.6 Å². The fourth-order valence-electron chi connectivity index (χ4n) is 2.29. The average Bonchev–Trinajstić information content (AvgIpc) is 2.64. The van der Waals surface area contributed by atoms with Crippen molar-refractivity contribution in [1.82, 2.24) is 9.97 Å². The van der Waals surface area contributed by atoms with E-state index in [1.165, 1.54) is 17.8 Å². The average molecular weight is 383 g/mol. The molecule has 0 atom stereocenters. The summed E-state index contributed by atoms with van der Waals surface area (Å²) in [5.74, 6) is -1.92. The fraction of sp³-hybridized carbons (Fsp3) is 0.0500. The van der Waals surface area contributed by atoms with E-state index in [1.54, 1.807) is 24.5 Å². The second-order valence-electron chi connectivity index (χ2n) is 5.57. The molecule has 0 saturated carbocycles. The van der Waals surface area contributed by atoms with E-state index in [9.17, 15) is 13.6 Å². The van der Waals surface area contributed by atoms with Crippen LogP contribution in [0.3, 0.4) is 0 Å². The molecule has 0 bridgehead atoms. The molecule has 1 amide bonds. The van der Waals surface area contributed by atoms with Gasteiger partial charge in [-0.2, -0.15) is 0 Å². The quantitative estimate of drug-likeness (QED) is 0.505. The van der Waals surface area contributed by atoms with Gasteiger partial charge in [-0.05, 0) is 66.7 Å². The van der Waals surface area contributed by atoms with Gasteiger partial charge in [-0.1, -0.05) is 6.07 Å². The SMILES string of the molecule is Cc1cc(Sc2ncccn2)ccc1NC(=O)/C=C/c1c(F)cccc1F. The van der Waals surface area contributed by atoms with E-state index >= 15 is 0 Å².